The molecule has 0 saturated heterocycles. The second-order valence-electron chi connectivity index (χ2n) is 4.52. The van der Waals surface area contributed by atoms with Crippen molar-refractivity contribution >= 4 is 11.6 Å². The smallest absolute Gasteiger partial charge is 0.141 e. The summed E-state index contributed by atoms with van der Waals surface area (Å²) in [6, 6.07) is 9.86. The molecule has 5 heteroatoms. The van der Waals surface area contributed by atoms with Crippen molar-refractivity contribution in [3.8, 4) is 0 Å². The zero-order valence-corrected chi connectivity index (χ0v) is 11.3. The van der Waals surface area contributed by atoms with Crippen LogP contribution in [0.1, 0.15) is 23.1 Å². The minimum atomic E-state index is -0.986. The summed E-state index contributed by atoms with van der Waals surface area (Å²) in [5, 5.41) is 10.3. The zero-order chi connectivity index (χ0) is 14.7. The van der Waals surface area contributed by atoms with Crippen LogP contribution in [-0.2, 0) is 0 Å². The van der Waals surface area contributed by atoms with Crippen LogP contribution in [0, 0.1) is 11.6 Å². The molecule has 0 aliphatic heterocycles. The van der Waals surface area contributed by atoms with Crippen LogP contribution in [0.2, 0.25) is 5.02 Å². The van der Waals surface area contributed by atoms with E-state index in [1.807, 2.05) is 0 Å². The maximum absolute atomic E-state index is 13.3. The normalized spacial score (nSPS) is 14.1. The van der Waals surface area contributed by atoms with Gasteiger partial charge in [0.05, 0.1) is 11.1 Å². The van der Waals surface area contributed by atoms with Crippen molar-refractivity contribution in [1.82, 2.24) is 0 Å². The van der Waals surface area contributed by atoms with Gasteiger partial charge in [-0.15, -0.1) is 0 Å². The molecular formula is C15H14ClF2NO. The minimum Gasteiger partial charge on any atom is -0.388 e. The lowest BCUT2D eigenvalue weighted by Gasteiger charge is -2.22. The van der Waals surface area contributed by atoms with E-state index in [0.717, 1.165) is 0 Å². The molecular weight excluding hydrogens is 284 g/mol. The van der Waals surface area contributed by atoms with E-state index in [2.05, 4.69) is 0 Å². The molecule has 0 aromatic heterocycles. The Kier molecular flexibility index (Phi) is 4.70. The van der Waals surface area contributed by atoms with Gasteiger partial charge < -0.3 is 10.8 Å². The average Bonchev–Trinajstić information content (AvgIpc) is 2.42. The predicted molar refractivity (Wildman–Crippen MR) is 74.6 cm³/mol. The molecule has 2 aromatic rings. The Morgan fingerprint density at radius 3 is 2.45 bits per heavy atom. The molecule has 2 unspecified atom stereocenters. The van der Waals surface area contributed by atoms with Crippen molar-refractivity contribution in [2.24, 2.45) is 5.73 Å². The standard InChI is InChI=1S/C15H14ClF2NO/c16-13-7-10(4-5-14(13)18)15(20)12(8-19)9-2-1-3-11(17)6-9/h1-7,12,15,20H,8,19H2. The summed E-state index contributed by atoms with van der Waals surface area (Å²) in [4.78, 5) is 0. The summed E-state index contributed by atoms with van der Waals surface area (Å²) >= 11 is 5.70. The monoisotopic (exact) mass is 297 g/mol. The number of aliphatic hydroxyl groups excluding tert-OH is 1. The highest BCUT2D eigenvalue weighted by Crippen LogP contribution is 2.32. The molecule has 20 heavy (non-hydrogen) atoms. The van der Waals surface area contributed by atoms with Crippen molar-refractivity contribution in [1.29, 1.82) is 0 Å². The number of hydrogen-bond donors (Lipinski definition) is 2. The molecule has 0 spiro atoms. The fourth-order valence-electron chi connectivity index (χ4n) is 2.11. The molecule has 0 bridgehead atoms. The van der Waals surface area contributed by atoms with Gasteiger partial charge >= 0.3 is 0 Å². The second kappa shape index (κ2) is 6.31. The summed E-state index contributed by atoms with van der Waals surface area (Å²) in [5.41, 5.74) is 6.70. The van der Waals surface area contributed by atoms with Gasteiger partial charge in [-0.25, -0.2) is 8.78 Å². The molecule has 2 atom stereocenters. The fourth-order valence-corrected chi connectivity index (χ4v) is 2.30. The molecule has 0 heterocycles. The van der Waals surface area contributed by atoms with E-state index in [9.17, 15) is 13.9 Å². The van der Waals surface area contributed by atoms with Gasteiger partial charge in [-0.3, -0.25) is 0 Å². The quantitative estimate of drug-likeness (QED) is 0.908. The maximum atomic E-state index is 13.3. The number of benzene rings is 2. The van der Waals surface area contributed by atoms with Crippen LogP contribution in [0.3, 0.4) is 0 Å². The molecule has 0 aliphatic rings. The first-order valence-electron chi connectivity index (χ1n) is 6.11. The van der Waals surface area contributed by atoms with Gasteiger partial charge in [-0.05, 0) is 35.4 Å². The van der Waals surface area contributed by atoms with Crippen LogP contribution in [-0.4, -0.2) is 11.7 Å². The summed E-state index contributed by atoms with van der Waals surface area (Å²) in [6.07, 6.45) is -0.986. The maximum Gasteiger partial charge on any atom is 0.141 e. The van der Waals surface area contributed by atoms with Crippen LogP contribution in [0.4, 0.5) is 8.78 Å². The highest BCUT2D eigenvalue weighted by Gasteiger charge is 2.22. The summed E-state index contributed by atoms with van der Waals surface area (Å²) in [6.45, 7) is 0.125. The lowest BCUT2D eigenvalue weighted by Crippen LogP contribution is -2.20. The first-order chi connectivity index (χ1) is 9.52. The van der Waals surface area contributed by atoms with Gasteiger partial charge in [0.1, 0.15) is 11.6 Å². The zero-order valence-electron chi connectivity index (χ0n) is 10.6. The first-order valence-corrected chi connectivity index (χ1v) is 6.49. The molecule has 2 aromatic carbocycles. The predicted octanol–water partition coefficient (Wildman–Crippen LogP) is 3.39. The Bertz CT molecular complexity index is 606. The van der Waals surface area contributed by atoms with Gasteiger partial charge in [-0.1, -0.05) is 29.8 Å². The van der Waals surface area contributed by atoms with Crippen LogP contribution >= 0.6 is 11.6 Å². The molecule has 106 valence electrons. The van der Waals surface area contributed by atoms with Gasteiger partial charge in [0.15, 0.2) is 0 Å². The van der Waals surface area contributed by atoms with Crippen molar-refractivity contribution in [2.45, 2.75) is 12.0 Å². The largest absolute Gasteiger partial charge is 0.388 e. The lowest BCUT2D eigenvalue weighted by atomic mass is 9.89. The molecule has 0 aliphatic carbocycles. The molecule has 2 nitrogen and oxygen atoms in total. The second-order valence-corrected chi connectivity index (χ2v) is 4.92. The Hall–Kier alpha value is -1.49. The third-order valence-corrected chi connectivity index (χ3v) is 3.49. The van der Waals surface area contributed by atoms with E-state index in [1.165, 1.54) is 30.3 Å². The van der Waals surface area contributed by atoms with Crippen molar-refractivity contribution in [3.05, 3.63) is 70.2 Å². The molecule has 0 radical (unpaired) electrons. The third-order valence-electron chi connectivity index (χ3n) is 3.20. The van der Waals surface area contributed by atoms with Gasteiger partial charge in [0, 0.05) is 12.5 Å². The van der Waals surface area contributed by atoms with E-state index >= 15 is 0 Å². The van der Waals surface area contributed by atoms with Crippen molar-refractivity contribution in [3.63, 3.8) is 0 Å². The van der Waals surface area contributed by atoms with Gasteiger partial charge in [0.2, 0.25) is 0 Å². The van der Waals surface area contributed by atoms with E-state index in [1.54, 1.807) is 12.1 Å². The van der Waals surface area contributed by atoms with E-state index < -0.39 is 23.7 Å². The Labute approximate surface area is 120 Å². The van der Waals surface area contributed by atoms with Gasteiger partial charge in [0.25, 0.3) is 0 Å². The fraction of sp³-hybridized carbons (Fsp3) is 0.200. The van der Waals surface area contributed by atoms with E-state index in [-0.39, 0.29) is 11.6 Å². The highest BCUT2D eigenvalue weighted by molar-refractivity contribution is 6.30. The minimum absolute atomic E-state index is 0.0726. The number of halogens is 3. The molecule has 3 N–H and O–H groups in total. The Balaban J connectivity index is 2.33. The van der Waals surface area contributed by atoms with Crippen molar-refractivity contribution in [2.75, 3.05) is 6.54 Å². The number of aliphatic hydroxyl groups is 1. The summed E-state index contributed by atoms with van der Waals surface area (Å²) in [7, 11) is 0. The number of hydrogen-bond acceptors (Lipinski definition) is 2. The van der Waals surface area contributed by atoms with Crippen LogP contribution < -0.4 is 5.73 Å². The summed E-state index contributed by atoms with van der Waals surface area (Å²) in [5.74, 6) is -1.45. The average molecular weight is 298 g/mol. The van der Waals surface area contributed by atoms with E-state index in [0.29, 0.717) is 11.1 Å². The van der Waals surface area contributed by atoms with Crippen LogP contribution in [0.25, 0.3) is 0 Å². The van der Waals surface area contributed by atoms with E-state index in [4.69, 9.17) is 17.3 Å². The SMILES string of the molecule is NCC(c1cccc(F)c1)C(O)c1ccc(F)c(Cl)c1. The molecule has 0 saturated carbocycles. The summed E-state index contributed by atoms with van der Waals surface area (Å²) < 4.78 is 26.4. The molecule has 0 amide bonds. The number of rotatable bonds is 4. The van der Waals surface area contributed by atoms with Crippen molar-refractivity contribution < 1.29 is 13.9 Å². The first kappa shape index (κ1) is 14.9. The highest BCUT2D eigenvalue weighted by atomic mass is 35.5. The molecule has 0 fully saturated rings. The molecule has 2 rings (SSSR count). The third kappa shape index (κ3) is 3.15. The lowest BCUT2D eigenvalue weighted by molar-refractivity contribution is 0.147. The topological polar surface area (TPSA) is 46.2 Å². The Morgan fingerprint density at radius 1 is 1.10 bits per heavy atom. The number of nitrogens with two attached hydrogens (primary N) is 1. The van der Waals surface area contributed by atoms with Crippen LogP contribution in [0.5, 0.6) is 0 Å². The van der Waals surface area contributed by atoms with Crippen LogP contribution in [0.15, 0.2) is 42.5 Å². The van der Waals surface area contributed by atoms with Gasteiger partial charge in [-0.2, -0.15) is 0 Å². The Morgan fingerprint density at radius 2 is 1.85 bits per heavy atom.